The van der Waals surface area contributed by atoms with E-state index in [0.717, 1.165) is 16.7 Å². The van der Waals surface area contributed by atoms with Crippen molar-refractivity contribution < 1.29 is 0 Å². The molecule has 0 N–H and O–H groups in total. The van der Waals surface area contributed by atoms with Crippen molar-refractivity contribution in [2.24, 2.45) is 7.05 Å². The lowest BCUT2D eigenvalue weighted by Gasteiger charge is -2.08. The number of aromatic nitrogens is 4. The minimum absolute atomic E-state index is 0.0743. The van der Waals surface area contributed by atoms with Crippen LogP contribution in [-0.4, -0.2) is 18.9 Å². The highest BCUT2D eigenvalue weighted by Crippen LogP contribution is 2.32. The van der Waals surface area contributed by atoms with Gasteiger partial charge in [0.1, 0.15) is 10.5 Å². The van der Waals surface area contributed by atoms with Crippen molar-refractivity contribution in [1.82, 2.24) is 18.9 Å². The summed E-state index contributed by atoms with van der Waals surface area (Å²) in [6.07, 6.45) is 1.73. The van der Waals surface area contributed by atoms with Crippen LogP contribution < -0.4 is 11.1 Å². The molecule has 31 heavy (non-hydrogen) atoms. The van der Waals surface area contributed by atoms with Gasteiger partial charge in [0.2, 0.25) is 0 Å². The van der Waals surface area contributed by atoms with Crippen LogP contribution in [0.15, 0.2) is 74.9 Å². The average molecular weight is 447 g/mol. The van der Waals surface area contributed by atoms with Crippen molar-refractivity contribution in [2.45, 2.75) is 17.8 Å². The first kappa shape index (κ1) is 19.7. The number of nitrogens with zero attached hydrogens (tertiary/aromatic N) is 4. The summed E-state index contributed by atoms with van der Waals surface area (Å²) >= 11 is 2.87. The topological polar surface area (TPSA) is 69.3 Å². The molecule has 4 heterocycles. The summed E-state index contributed by atoms with van der Waals surface area (Å²) in [5.74, 6) is 0.447. The molecule has 5 aromatic rings. The third kappa shape index (κ3) is 3.58. The van der Waals surface area contributed by atoms with E-state index in [2.05, 4.69) is 4.98 Å². The molecule has 0 spiro atoms. The fourth-order valence-corrected chi connectivity index (χ4v) is 5.33. The lowest BCUT2D eigenvalue weighted by molar-refractivity contribution is 0.728. The van der Waals surface area contributed by atoms with Crippen molar-refractivity contribution in [3.8, 4) is 11.1 Å². The fourth-order valence-electron chi connectivity index (χ4n) is 3.48. The van der Waals surface area contributed by atoms with Crippen molar-refractivity contribution in [3.05, 3.63) is 92.1 Å². The first-order valence-electron chi connectivity index (χ1n) is 9.66. The number of rotatable bonds is 4. The number of thiophene rings is 1. The molecule has 8 heteroatoms. The summed E-state index contributed by atoms with van der Waals surface area (Å²) in [6.45, 7) is 1.97. The quantitative estimate of drug-likeness (QED) is 0.305. The molecule has 0 aliphatic heterocycles. The zero-order valence-electron chi connectivity index (χ0n) is 16.9. The smallest absolute Gasteiger partial charge is 0.263 e. The Morgan fingerprint density at radius 3 is 2.68 bits per heavy atom. The van der Waals surface area contributed by atoms with Crippen molar-refractivity contribution in [1.29, 1.82) is 0 Å². The number of benzene rings is 1. The number of hydrogen-bond acceptors (Lipinski definition) is 6. The Morgan fingerprint density at radius 1 is 1.06 bits per heavy atom. The molecule has 0 saturated carbocycles. The van der Waals surface area contributed by atoms with Gasteiger partial charge >= 0.3 is 0 Å². The molecule has 0 atom stereocenters. The predicted molar refractivity (Wildman–Crippen MR) is 126 cm³/mol. The van der Waals surface area contributed by atoms with Crippen LogP contribution in [0.4, 0.5) is 0 Å². The Bertz CT molecular complexity index is 1550. The zero-order valence-corrected chi connectivity index (χ0v) is 18.5. The van der Waals surface area contributed by atoms with Crippen LogP contribution in [0.25, 0.3) is 27.0 Å². The monoisotopic (exact) mass is 446 g/mol. The fraction of sp³-hybridized carbons (Fsp3) is 0.130. The van der Waals surface area contributed by atoms with Gasteiger partial charge in [-0.2, -0.15) is 0 Å². The molecule has 0 unspecified atom stereocenters. The van der Waals surface area contributed by atoms with Crippen LogP contribution in [0.3, 0.4) is 0 Å². The molecule has 0 radical (unpaired) electrons. The highest BCUT2D eigenvalue weighted by Gasteiger charge is 2.16. The third-order valence-corrected chi connectivity index (χ3v) is 7.02. The lowest BCUT2D eigenvalue weighted by atomic mass is 10.1. The first-order valence-corrected chi connectivity index (χ1v) is 11.5. The van der Waals surface area contributed by atoms with Crippen LogP contribution in [-0.2, 0) is 12.8 Å². The Morgan fingerprint density at radius 2 is 1.87 bits per heavy atom. The van der Waals surface area contributed by atoms with E-state index < -0.39 is 0 Å². The Balaban J connectivity index is 1.50. The maximum atomic E-state index is 13.1. The molecule has 0 amide bonds. The normalized spacial score (nSPS) is 11.4. The van der Waals surface area contributed by atoms with Crippen LogP contribution in [0.1, 0.15) is 11.3 Å². The van der Waals surface area contributed by atoms with Gasteiger partial charge in [-0.05, 0) is 30.2 Å². The summed E-state index contributed by atoms with van der Waals surface area (Å²) in [6, 6.07) is 15.2. The van der Waals surface area contributed by atoms with E-state index >= 15 is 0 Å². The molecule has 6 nitrogen and oxygen atoms in total. The maximum Gasteiger partial charge on any atom is 0.263 e. The molecule has 5 rings (SSSR count). The molecular weight excluding hydrogens is 428 g/mol. The lowest BCUT2D eigenvalue weighted by Crippen LogP contribution is -2.20. The second-order valence-corrected chi connectivity index (χ2v) is 9.06. The molecule has 0 fully saturated rings. The van der Waals surface area contributed by atoms with Crippen LogP contribution in [0.5, 0.6) is 0 Å². The van der Waals surface area contributed by atoms with E-state index in [4.69, 9.17) is 4.98 Å². The second-order valence-electron chi connectivity index (χ2n) is 7.26. The molecule has 0 aliphatic rings. The van der Waals surface area contributed by atoms with Crippen molar-refractivity contribution in [3.63, 3.8) is 0 Å². The second kappa shape index (κ2) is 7.79. The zero-order chi connectivity index (χ0) is 21.5. The van der Waals surface area contributed by atoms with Gasteiger partial charge < -0.3 is 0 Å². The molecule has 154 valence electrons. The highest BCUT2D eigenvalue weighted by atomic mass is 32.2. The van der Waals surface area contributed by atoms with E-state index in [1.165, 1.54) is 33.6 Å². The Labute approximate surface area is 185 Å². The standard InChI is InChI=1S/C23H18N4O2S2/c1-14-8-9-27-18(10-14)24-16(11-19(27)28)12-31-23-25-21-20(22(29)26(23)2)17(13-30-21)15-6-4-3-5-7-15/h3-11,13H,12H2,1-2H3. The summed E-state index contributed by atoms with van der Waals surface area (Å²) in [5.41, 5.74) is 4.03. The summed E-state index contributed by atoms with van der Waals surface area (Å²) < 4.78 is 3.10. The number of aryl methyl sites for hydroxylation is 1. The maximum absolute atomic E-state index is 13.1. The molecule has 0 aliphatic carbocycles. The highest BCUT2D eigenvalue weighted by molar-refractivity contribution is 7.98. The molecule has 4 aromatic heterocycles. The van der Waals surface area contributed by atoms with Crippen molar-refractivity contribution in [2.75, 3.05) is 0 Å². The van der Waals surface area contributed by atoms with E-state index in [9.17, 15) is 9.59 Å². The number of pyridine rings is 1. The van der Waals surface area contributed by atoms with Gasteiger partial charge in [-0.25, -0.2) is 9.97 Å². The third-order valence-electron chi connectivity index (χ3n) is 5.08. The Kier molecular flexibility index (Phi) is 4.95. The number of thioether (sulfide) groups is 1. The molecule has 1 aromatic carbocycles. The van der Waals surface area contributed by atoms with Gasteiger partial charge in [0.05, 0.1) is 11.1 Å². The Hall–Kier alpha value is -3.23. The molecule has 0 bridgehead atoms. The van der Waals surface area contributed by atoms with E-state index in [-0.39, 0.29) is 11.1 Å². The number of hydrogen-bond donors (Lipinski definition) is 0. The van der Waals surface area contributed by atoms with Gasteiger partial charge in [0.25, 0.3) is 11.1 Å². The largest absolute Gasteiger partial charge is 0.290 e. The van der Waals surface area contributed by atoms with Gasteiger partial charge in [-0.15, -0.1) is 11.3 Å². The van der Waals surface area contributed by atoms with Gasteiger partial charge in [0, 0.05) is 36.0 Å². The van der Waals surface area contributed by atoms with Gasteiger partial charge in [0.15, 0.2) is 5.16 Å². The minimum atomic E-state index is -0.122. The SMILES string of the molecule is Cc1ccn2c(=O)cc(CSc3nc4scc(-c5ccccc5)c4c(=O)n3C)nc2c1. The average Bonchev–Trinajstić information content (AvgIpc) is 3.19. The van der Waals surface area contributed by atoms with Gasteiger partial charge in [-0.1, -0.05) is 42.1 Å². The van der Waals surface area contributed by atoms with Crippen LogP contribution >= 0.6 is 23.1 Å². The molecule has 0 saturated heterocycles. The summed E-state index contributed by atoms with van der Waals surface area (Å²) in [7, 11) is 1.73. The van der Waals surface area contributed by atoms with Crippen LogP contribution in [0, 0.1) is 6.92 Å². The first-order chi connectivity index (χ1) is 15.0. The summed E-state index contributed by atoms with van der Waals surface area (Å²) in [4.78, 5) is 35.6. The van der Waals surface area contributed by atoms with E-state index in [1.807, 2.05) is 54.8 Å². The van der Waals surface area contributed by atoms with E-state index in [0.29, 0.717) is 32.5 Å². The minimum Gasteiger partial charge on any atom is -0.290 e. The molecular formula is C23H18N4O2S2. The van der Waals surface area contributed by atoms with E-state index in [1.54, 1.807) is 17.8 Å². The predicted octanol–water partition coefficient (Wildman–Crippen LogP) is 4.27. The van der Waals surface area contributed by atoms with Crippen molar-refractivity contribution >= 4 is 39.0 Å². The summed E-state index contributed by atoms with van der Waals surface area (Å²) in [5, 5.41) is 3.22. The van der Waals surface area contributed by atoms with Crippen LogP contribution in [0.2, 0.25) is 0 Å². The van der Waals surface area contributed by atoms with Gasteiger partial charge in [-0.3, -0.25) is 18.6 Å². The number of fused-ring (bicyclic) bond motifs is 2.